The Morgan fingerprint density at radius 2 is 2.25 bits per heavy atom. The molecule has 0 aliphatic rings. The number of nitrogens with zero attached hydrogens (tertiary/aromatic N) is 1. The fraction of sp³-hybridized carbons (Fsp3) is 0.143. The van der Waals surface area contributed by atoms with Crippen molar-refractivity contribution in [2.45, 2.75) is 6.43 Å². The predicted molar refractivity (Wildman–Crippen MR) is 36.2 cm³/mol. The quantitative estimate of drug-likeness (QED) is 0.740. The molecule has 0 atom stereocenters. The Morgan fingerprint density at radius 3 is 2.75 bits per heavy atom. The molecule has 0 radical (unpaired) electrons. The van der Waals surface area contributed by atoms with Crippen molar-refractivity contribution in [1.29, 1.82) is 0 Å². The lowest BCUT2D eigenvalue weighted by molar-refractivity contribution is 0.0696. The average Bonchev–Trinajstić information content (AvgIpc) is 2.04. The van der Waals surface area contributed by atoms with Crippen molar-refractivity contribution in [1.82, 2.24) is 4.98 Å². The summed E-state index contributed by atoms with van der Waals surface area (Å²) in [6.07, 6.45) is -1.69. The Labute approximate surface area is 66.7 Å². The topological polar surface area (TPSA) is 50.2 Å². The number of aromatic carboxylic acids is 1. The molecule has 3 nitrogen and oxygen atoms in total. The van der Waals surface area contributed by atoms with E-state index in [1.54, 1.807) is 0 Å². The van der Waals surface area contributed by atoms with Crippen molar-refractivity contribution in [2.75, 3.05) is 0 Å². The van der Waals surface area contributed by atoms with Crippen LogP contribution in [-0.2, 0) is 0 Å². The number of aromatic nitrogens is 1. The lowest BCUT2D eigenvalue weighted by Crippen LogP contribution is -1.99. The summed E-state index contributed by atoms with van der Waals surface area (Å²) >= 11 is 0. The normalized spacial score (nSPS) is 10.2. The molecular weight excluding hydrogens is 168 g/mol. The summed E-state index contributed by atoms with van der Waals surface area (Å²) in [4.78, 5) is 13.6. The van der Waals surface area contributed by atoms with Crippen LogP contribution in [0.3, 0.4) is 0 Å². The molecule has 0 unspecified atom stereocenters. The molecule has 64 valence electrons. The molecule has 0 saturated carbocycles. The summed E-state index contributed by atoms with van der Waals surface area (Å²) in [6, 6.07) is 2.02. The molecule has 1 rings (SSSR count). The van der Waals surface area contributed by atoms with E-state index in [2.05, 4.69) is 4.98 Å². The third-order valence-electron chi connectivity index (χ3n) is 1.25. The molecule has 0 amide bonds. The van der Waals surface area contributed by atoms with Crippen LogP contribution in [0.4, 0.5) is 8.78 Å². The molecule has 1 aromatic rings. The number of hydrogen-bond donors (Lipinski definition) is 1. The van der Waals surface area contributed by atoms with E-state index in [9.17, 15) is 13.6 Å². The first-order chi connectivity index (χ1) is 5.61. The lowest BCUT2D eigenvalue weighted by atomic mass is 10.2. The van der Waals surface area contributed by atoms with Gasteiger partial charge in [0.15, 0.2) is 0 Å². The van der Waals surface area contributed by atoms with Crippen molar-refractivity contribution >= 4 is 5.97 Å². The fourth-order valence-electron chi connectivity index (χ4n) is 0.701. The van der Waals surface area contributed by atoms with Crippen molar-refractivity contribution in [3.8, 4) is 0 Å². The minimum absolute atomic E-state index is 0.180. The van der Waals surface area contributed by atoms with E-state index in [1.165, 1.54) is 0 Å². The van der Waals surface area contributed by atoms with Crippen LogP contribution in [-0.4, -0.2) is 16.1 Å². The van der Waals surface area contributed by atoms with Gasteiger partial charge >= 0.3 is 5.97 Å². The van der Waals surface area contributed by atoms with E-state index in [1.807, 2.05) is 0 Å². The van der Waals surface area contributed by atoms with Gasteiger partial charge in [-0.25, -0.2) is 13.6 Å². The zero-order valence-corrected chi connectivity index (χ0v) is 5.87. The maximum atomic E-state index is 12.0. The second-order valence-corrected chi connectivity index (χ2v) is 2.08. The van der Waals surface area contributed by atoms with Gasteiger partial charge in [0, 0.05) is 6.20 Å². The first-order valence-electron chi connectivity index (χ1n) is 3.08. The fourth-order valence-corrected chi connectivity index (χ4v) is 0.701. The van der Waals surface area contributed by atoms with Crippen LogP contribution in [0.25, 0.3) is 0 Å². The molecule has 5 heteroatoms. The molecule has 1 heterocycles. The van der Waals surface area contributed by atoms with Gasteiger partial charge in [-0.2, -0.15) is 0 Å². The van der Waals surface area contributed by atoms with Gasteiger partial charge in [0.2, 0.25) is 0 Å². The second kappa shape index (κ2) is 3.25. The minimum Gasteiger partial charge on any atom is -0.478 e. The van der Waals surface area contributed by atoms with Crippen molar-refractivity contribution < 1.29 is 18.7 Å². The number of rotatable bonds is 2. The molecular formula is C7H5F2NO2. The predicted octanol–water partition coefficient (Wildman–Crippen LogP) is 1.72. The maximum Gasteiger partial charge on any atom is 0.335 e. The Bertz CT molecular complexity index is 301. The highest BCUT2D eigenvalue weighted by Gasteiger charge is 2.11. The number of carboxylic acid groups (broad SMARTS) is 1. The van der Waals surface area contributed by atoms with Gasteiger partial charge in [0.25, 0.3) is 6.43 Å². The largest absolute Gasteiger partial charge is 0.478 e. The number of carbonyl (C=O) groups is 1. The summed E-state index contributed by atoms with van der Waals surface area (Å²) in [5.41, 5.74) is -0.699. The monoisotopic (exact) mass is 173 g/mol. The van der Waals surface area contributed by atoms with Crippen molar-refractivity contribution in [3.63, 3.8) is 0 Å². The van der Waals surface area contributed by atoms with E-state index in [-0.39, 0.29) is 5.56 Å². The van der Waals surface area contributed by atoms with Crippen molar-refractivity contribution in [3.05, 3.63) is 29.6 Å². The number of halogens is 2. The van der Waals surface area contributed by atoms with E-state index >= 15 is 0 Å². The number of pyridine rings is 1. The summed E-state index contributed by atoms with van der Waals surface area (Å²) in [6.45, 7) is 0. The van der Waals surface area contributed by atoms with Gasteiger partial charge in [-0.1, -0.05) is 0 Å². The lowest BCUT2D eigenvalue weighted by Gasteiger charge is -1.98. The third-order valence-corrected chi connectivity index (χ3v) is 1.25. The molecule has 0 aliphatic heterocycles. The first kappa shape index (κ1) is 8.58. The first-order valence-corrected chi connectivity index (χ1v) is 3.08. The van der Waals surface area contributed by atoms with Crippen LogP contribution in [0.15, 0.2) is 18.3 Å². The Balaban J connectivity index is 3.04. The Hall–Kier alpha value is -1.52. The van der Waals surface area contributed by atoms with E-state index in [0.29, 0.717) is 0 Å². The number of hydrogen-bond acceptors (Lipinski definition) is 2. The van der Waals surface area contributed by atoms with Crippen LogP contribution in [0.1, 0.15) is 22.5 Å². The van der Waals surface area contributed by atoms with Crippen LogP contribution < -0.4 is 0 Å². The SMILES string of the molecule is O=C(O)c1ccnc(C(F)F)c1. The molecule has 1 N–H and O–H groups in total. The zero-order valence-electron chi connectivity index (χ0n) is 5.87. The standard InChI is InChI=1S/C7H5F2NO2/c8-6(9)5-3-4(7(11)12)1-2-10-5/h1-3,6H,(H,11,12). The summed E-state index contributed by atoms with van der Waals surface area (Å²) in [5.74, 6) is -1.24. The summed E-state index contributed by atoms with van der Waals surface area (Å²) < 4.78 is 23.9. The number of alkyl halides is 2. The molecule has 0 aliphatic carbocycles. The van der Waals surface area contributed by atoms with Gasteiger partial charge in [-0.15, -0.1) is 0 Å². The highest BCUT2D eigenvalue weighted by atomic mass is 19.3. The van der Waals surface area contributed by atoms with Gasteiger partial charge in [-0.05, 0) is 12.1 Å². The van der Waals surface area contributed by atoms with Gasteiger partial charge in [0.1, 0.15) is 5.69 Å². The van der Waals surface area contributed by atoms with E-state index in [4.69, 9.17) is 5.11 Å². The van der Waals surface area contributed by atoms with Gasteiger partial charge in [0.05, 0.1) is 5.56 Å². The van der Waals surface area contributed by atoms with Gasteiger partial charge < -0.3 is 5.11 Å². The molecule has 0 aromatic carbocycles. The Morgan fingerprint density at radius 1 is 1.58 bits per heavy atom. The van der Waals surface area contributed by atoms with Crippen LogP contribution in [0, 0.1) is 0 Å². The van der Waals surface area contributed by atoms with E-state index < -0.39 is 18.1 Å². The maximum absolute atomic E-state index is 12.0. The third kappa shape index (κ3) is 1.75. The molecule has 0 fully saturated rings. The van der Waals surface area contributed by atoms with Gasteiger partial charge in [-0.3, -0.25) is 4.98 Å². The summed E-state index contributed by atoms with van der Waals surface area (Å²) in [7, 11) is 0. The van der Waals surface area contributed by atoms with E-state index in [0.717, 1.165) is 18.3 Å². The molecule has 1 aromatic heterocycles. The zero-order chi connectivity index (χ0) is 9.14. The molecule has 0 spiro atoms. The Kier molecular flexibility index (Phi) is 2.32. The van der Waals surface area contributed by atoms with Crippen LogP contribution in [0.5, 0.6) is 0 Å². The highest BCUT2D eigenvalue weighted by Crippen LogP contribution is 2.16. The van der Waals surface area contributed by atoms with Crippen LogP contribution in [0.2, 0.25) is 0 Å². The van der Waals surface area contributed by atoms with Crippen molar-refractivity contribution in [2.24, 2.45) is 0 Å². The molecule has 0 saturated heterocycles. The summed E-state index contributed by atoms with van der Waals surface area (Å²) in [5, 5.41) is 8.42. The van der Waals surface area contributed by atoms with Crippen LogP contribution >= 0.6 is 0 Å². The molecule has 0 bridgehead atoms. The highest BCUT2D eigenvalue weighted by molar-refractivity contribution is 5.87. The second-order valence-electron chi connectivity index (χ2n) is 2.08. The smallest absolute Gasteiger partial charge is 0.335 e. The average molecular weight is 173 g/mol. The molecule has 12 heavy (non-hydrogen) atoms. The number of carboxylic acids is 1. The minimum atomic E-state index is -2.73.